The highest BCUT2D eigenvalue weighted by Gasteiger charge is 2.41. The first kappa shape index (κ1) is 15.6. The van der Waals surface area contributed by atoms with E-state index >= 15 is 0 Å². The van der Waals surface area contributed by atoms with Crippen LogP contribution in [0.15, 0.2) is 0 Å². The van der Waals surface area contributed by atoms with E-state index in [0.717, 1.165) is 12.8 Å². The fourth-order valence-electron chi connectivity index (χ4n) is 3.04. The summed E-state index contributed by atoms with van der Waals surface area (Å²) in [6.07, 6.45) is -1.83. The van der Waals surface area contributed by atoms with E-state index in [9.17, 15) is 18.0 Å². The molecule has 20 heavy (non-hydrogen) atoms. The van der Waals surface area contributed by atoms with Crippen molar-refractivity contribution in [2.45, 2.75) is 44.4 Å². The van der Waals surface area contributed by atoms with Gasteiger partial charge in [0.2, 0.25) is 5.91 Å². The minimum Gasteiger partial charge on any atom is -0.340 e. The molecule has 0 aromatic rings. The lowest BCUT2D eigenvalue weighted by atomic mass is 10.1. The third-order valence-electron chi connectivity index (χ3n) is 4.47. The second-order valence-electron chi connectivity index (χ2n) is 5.85. The fourth-order valence-corrected chi connectivity index (χ4v) is 3.04. The molecule has 0 aromatic heterocycles. The minimum atomic E-state index is -4.20. The molecule has 0 aromatic carbocycles. The van der Waals surface area contributed by atoms with Gasteiger partial charge in [0.15, 0.2) is 0 Å². The zero-order valence-corrected chi connectivity index (χ0v) is 11.7. The number of alkyl halides is 3. The lowest BCUT2D eigenvalue weighted by molar-refractivity contribution is -0.183. The molecule has 1 saturated carbocycles. The van der Waals surface area contributed by atoms with Crippen molar-refractivity contribution in [3.8, 4) is 0 Å². The second kappa shape index (κ2) is 5.89. The largest absolute Gasteiger partial charge is 0.403 e. The smallest absolute Gasteiger partial charge is 0.340 e. The summed E-state index contributed by atoms with van der Waals surface area (Å²) in [6.45, 7) is 2.50. The third kappa shape index (κ3) is 3.44. The van der Waals surface area contributed by atoms with Crippen molar-refractivity contribution in [3.63, 3.8) is 0 Å². The van der Waals surface area contributed by atoms with E-state index in [1.807, 2.05) is 0 Å². The molecule has 2 fully saturated rings. The van der Waals surface area contributed by atoms with Crippen LogP contribution in [0.2, 0.25) is 0 Å². The van der Waals surface area contributed by atoms with Gasteiger partial charge in [0.05, 0.1) is 0 Å². The molecule has 0 spiro atoms. The second-order valence-corrected chi connectivity index (χ2v) is 5.85. The van der Waals surface area contributed by atoms with Crippen molar-refractivity contribution in [2.24, 2.45) is 11.7 Å². The summed E-state index contributed by atoms with van der Waals surface area (Å²) >= 11 is 0. The Morgan fingerprint density at radius 3 is 2.25 bits per heavy atom. The Kier molecular flexibility index (Phi) is 4.59. The summed E-state index contributed by atoms with van der Waals surface area (Å²) in [6, 6.07) is -1.35. The molecule has 2 aliphatic rings. The minimum absolute atomic E-state index is 0.0309. The maximum atomic E-state index is 12.6. The number of nitrogens with two attached hydrogens (primary N) is 1. The molecule has 2 N–H and O–H groups in total. The van der Waals surface area contributed by atoms with E-state index < -0.39 is 12.2 Å². The molecule has 2 rings (SSSR count). The molecule has 116 valence electrons. The Labute approximate surface area is 117 Å². The molecule has 1 saturated heterocycles. The number of amides is 1. The van der Waals surface area contributed by atoms with Crippen LogP contribution in [-0.2, 0) is 4.79 Å². The SMILES string of the molecule is CC(N1CCN(C(=O)C2CCC(N)C2)CC1)C(F)(F)F. The van der Waals surface area contributed by atoms with Gasteiger partial charge in [-0.15, -0.1) is 0 Å². The maximum absolute atomic E-state index is 12.6. The number of halogens is 3. The molecule has 3 unspecified atom stereocenters. The Hall–Kier alpha value is -0.820. The topological polar surface area (TPSA) is 49.6 Å². The molecule has 0 bridgehead atoms. The van der Waals surface area contributed by atoms with Gasteiger partial charge in [-0.3, -0.25) is 9.69 Å². The zero-order valence-electron chi connectivity index (χ0n) is 11.7. The van der Waals surface area contributed by atoms with Crippen LogP contribution in [0.1, 0.15) is 26.2 Å². The van der Waals surface area contributed by atoms with Gasteiger partial charge in [-0.25, -0.2) is 0 Å². The van der Waals surface area contributed by atoms with Gasteiger partial charge in [-0.1, -0.05) is 0 Å². The summed E-state index contributed by atoms with van der Waals surface area (Å²) in [5, 5.41) is 0. The van der Waals surface area contributed by atoms with Gasteiger partial charge in [-0.05, 0) is 26.2 Å². The van der Waals surface area contributed by atoms with E-state index in [4.69, 9.17) is 5.73 Å². The molecule has 1 aliphatic carbocycles. The number of hydrogen-bond acceptors (Lipinski definition) is 3. The monoisotopic (exact) mass is 293 g/mol. The standard InChI is InChI=1S/C13H22F3N3O/c1-9(13(14,15)16)18-4-6-19(7-5-18)12(20)10-2-3-11(17)8-10/h9-11H,2-8,17H2,1H3. The van der Waals surface area contributed by atoms with Crippen molar-refractivity contribution >= 4 is 5.91 Å². The van der Waals surface area contributed by atoms with Crippen LogP contribution >= 0.6 is 0 Å². The predicted octanol–water partition coefficient (Wildman–Crippen LogP) is 1.21. The first-order chi connectivity index (χ1) is 9.29. The number of rotatable bonds is 2. The Balaban J connectivity index is 1.84. The van der Waals surface area contributed by atoms with Gasteiger partial charge >= 0.3 is 6.18 Å². The molecule has 1 aliphatic heterocycles. The van der Waals surface area contributed by atoms with Crippen LogP contribution in [0.3, 0.4) is 0 Å². The lowest BCUT2D eigenvalue weighted by Gasteiger charge is -2.39. The summed E-state index contributed by atoms with van der Waals surface area (Å²) in [5.74, 6) is 0.0360. The van der Waals surface area contributed by atoms with E-state index in [0.29, 0.717) is 19.5 Å². The van der Waals surface area contributed by atoms with Crippen LogP contribution in [0.5, 0.6) is 0 Å². The van der Waals surface area contributed by atoms with E-state index in [-0.39, 0.29) is 31.0 Å². The fraction of sp³-hybridized carbons (Fsp3) is 0.923. The van der Waals surface area contributed by atoms with Gasteiger partial charge < -0.3 is 10.6 Å². The summed E-state index contributed by atoms with van der Waals surface area (Å²) in [4.78, 5) is 15.3. The van der Waals surface area contributed by atoms with Crippen molar-refractivity contribution in [3.05, 3.63) is 0 Å². The normalized spacial score (nSPS) is 30.6. The third-order valence-corrected chi connectivity index (χ3v) is 4.47. The lowest BCUT2D eigenvalue weighted by Crippen LogP contribution is -2.55. The first-order valence-corrected chi connectivity index (χ1v) is 7.14. The van der Waals surface area contributed by atoms with Crippen LogP contribution < -0.4 is 5.73 Å². The van der Waals surface area contributed by atoms with Gasteiger partial charge in [0.1, 0.15) is 6.04 Å². The van der Waals surface area contributed by atoms with E-state index in [2.05, 4.69) is 0 Å². The quantitative estimate of drug-likeness (QED) is 0.832. The van der Waals surface area contributed by atoms with Crippen LogP contribution in [-0.4, -0.2) is 60.1 Å². The van der Waals surface area contributed by atoms with Crippen molar-refractivity contribution < 1.29 is 18.0 Å². The Bertz CT molecular complexity index is 353. The van der Waals surface area contributed by atoms with E-state index in [1.165, 1.54) is 11.8 Å². The summed E-state index contributed by atoms with van der Waals surface area (Å²) < 4.78 is 37.9. The number of hydrogen-bond donors (Lipinski definition) is 1. The molecule has 1 heterocycles. The van der Waals surface area contributed by atoms with Crippen molar-refractivity contribution in [1.29, 1.82) is 0 Å². The molecule has 0 radical (unpaired) electrons. The average molecular weight is 293 g/mol. The van der Waals surface area contributed by atoms with Gasteiger partial charge in [0, 0.05) is 38.1 Å². The molecular weight excluding hydrogens is 271 g/mol. The Morgan fingerprint density at radius 2 is 1.80 bits per heavy atom. The number of nitrogens with zero attached hydrogens (tertiary/aromatic N) is 2. The molecule has 3 atom stereocenters. The maximum Gasteiger partial charge on any atom is 0.403 e. The summed E-state index contributed by atoms with van der Waals surface area (Å²) in [7, 11) is 0. The van der Waals surface area contributed by atoms with Gasteiger partial charge in [-0.2, -0.15) is 13.2 Å². The average Bonchev–Trinajstić information content (AvgIpc) is 2.83. The number of carbonyl (C=O) groups excluding carboxylic acids is 1. The molecule has 4 nitrogen and oxygen atoms in total. The zero-order chi connectivity index (χ0) is 14.9. The highest BCUT2D eigenvalue weighted by molar-refractivity contribution is 5.79. The van der Waals surface area contributed by atoms with Gasteiger partial charge in [0.25, 0.3) is 0 Å². The van der Waals surface area contributed by atoms with Crippen molar-refractivity contribution in [1.82, 2.24) is 9.80 Å². The first-order valence-electron chi connectivity index (χ1n) is 7.14. The molecular formula is C13H22F3N3O. The Morgan fingerprint density at radius 1 is 1.20 bits per heavy atom. The highest BCUT2D eigenvalue weighted by atomic mass is 19.4. The van der Waals surface area contributed by atoms with Crippen LogP contribution in [0, 0.1) is 5.92 Å². The van der Waals surface area contributed by atoms with Crippen LogP contribution in [0.25, 0.3) is 0 Å². The highest BCUT2D eigenvalue weighted by Crippen LogP contribution is 2.28. The van der Waals surface area contributed by atoms with Crippen LogP contribution in [0.4, 0.5) is 13.2 Å². The number of piperazine rings is 1. The summed E-state index contributed by atoms with van der Waals surface area (Å²) in [5.41, 5.74) is 5.80. The molecule has 7 heteroatoms. The van der Waals surface area contributed by atoms with Crippen molar-refractivity contribution in [2.75, 3.05) is 26.2 Å². The van der Waals surface area contributed by atoms with E-state index in [1.54, 1.807) is 4.90 Å². The number of carbonyl (C=O) groups is 1. The predicted molar refractivity (Wildman–Crippen MR) is 69.0 cm³/mol. The molecule has 1 amide bonds.